The van der Waals surface area contributed by atoms with Crippen molar-refractivity contribution in [1.29, 1.82) is 0 Å². The van der Waals surface area contributed by atoms with Gasteiger partial charge < -0.3 is 11.1 Å². The summed E-state index contributed by atoms with van der Waals surface area (Å²) in [5.41, 5.74) is 7.25. The van der Waals surface area contributed by atoms with Crippen LogP contribution in [0.4, 0.5) is 0 Å². The molecule has 0 spiro atoms. The maximum Gasteiger partial charge on any atom is 0.0767 e. The summed E-state index contributed by atoms with van der Waals surface area (Å²) < 4.78 is 2.04. The number of rotatable bonds is 2. The van der Waals surface area contributed by atoms with Gasteiger partial charge in [-0.05, 0) is 12.8 Å². The van der Waals surface area contributed by atoms with Gasteiger partial charge in [-0.1, -0.05) is 0 Å². The molecule has 1 aromatic heterocycles. The van der Waals surface area contributed by atoms with E-state index in [9.17, 15) is 0 Å². The molecular formula is C9H14N4. The van der Waals surface area contributed by atoms with Gasteiger partial charge in [0.05, 0.1) is 12.2 Å². The molecule has 1 aliphatic heterocycles. The molecule has 3 N–H and O–H groups in total. The summed E-state index contributed by atoms with van der Waals surface area (Å²) in [4.78, 5) is 0. The molecule has 4 nitrogen and oxygen atoms in total. The van der Waals surface area contributed by atoms with Gasteiger partial charge in [0.15, 0.2) is 0 Å². The predicted octanol–water partition coefficient (Wildman–Crippen LogP) is -0.0248. The van der Waals surface area contributed by atoms with E-state index in [0.717, 1.165) is 25.9 Å². The molecule has 1 saturated carbocycles. The number of hydrogen-bond acceptors (Lipinski definition) is 3. The summed E-state index contributed by atoms with van der Waals surface area (Å²) in [7, 11) is 0. The van der Waals surface area contributed by atoms with Crippen molar-refractivity contribution >= 4 is 0 Å². The van der Waals surface area contributed by atoms with Crippen LogP contribution >= 0.6 is 0 Å². The quantitative estimate of drug-likeness (QED) is 0.669. The molecule has 2 fully saturated rings. The average molecular weight is 178 g/mol. The molecule has 0 radical (unpaired) electrons. The number of nitrogens with two attached hydrogens (primary N) is 1. The van der Waals surface area contributed by atoms with Crippen LogP contribution in [-0.2, 0) is 5.54 Å². The first-order chi connectivity index (χ1) is 6.28. The van der Waals surface area contributed by atoms with Crippen LogP contribution in [0.25, 0.3) is 0 Å². The molecule has 4 heteroatoms. The maximum atomic E-state index is 6.07. The molecule has 1 aromatic rings. The molecule has 2 aliphatic rings. The van der Waals surface area contributed by atoms with Crippen LogP contribution in [0.1, 0.15) is 24.4 Å². The minimum atomic E-state index is -0.0323. The highest BCUT2D eigenvalue weighted by Gasteiger charge is 2.41. The highest BCUT2D eigenvalue weighted by molar-refractivity contribution is 5.24. The third-order valence-corrected chi connectivity index (χ3v) is 3.10. The van der Waals surface area contributed by atoms with Crippen molar-refractivity contribution in [1.82, 2.24) is 15.1 Å². The second kappa shape index (κ2) is 2.33. The summed E-state index contributed by atoms with van der Waals surface area (Å²) >= 11 is 0. The van der Waals surface area contributed by atoms with Gasteiger partial charge in [0, 0.05) is 30.4 Å². The first-order valence-corrected chi connectivity index (χ1v) is 4.82. The van der Waals surface area contributed by atoms with Crippen LogP contribution in [0.15, 0.2) is 12.4 Å². The molecule has 0 unspecified atom stereocenters. The summed E-state index contributed by atoms with van der Waals surface area (Å²) in [5, 5.41) is 7.57. The smallest absolute Gasteiger partial charge is 0.0767 e. The van der Waals surface area contributed by atoms with Crippen molar-refractivity contribution in [3.8, 4) is 0 Å². The molecule has 13 heavy (non-hydrogen) atoms. The Bertz CT molecular complexity index is 322. The summed E-state index contributed by atoms with van der Waals surface area (Å²) in [6.45, 7) is 2.08. The first-order valence-electron chi connectivity index (χ1n) is 4.82. The third-order valence-electron chi connectivity index (χ3n) is 3.10. The van der Waals surface area contributed by atoms with Crippen LogP contribution in [0.2, 0.25) is 0 Å². The molecule has 1 aliphatic carbocycles. The van der Waals surface area contributed by atoms with Crippen molar-refractivity contribution < 1.29 is 0 Å². The number of aromatic nitrogens is 2. The molecule has 0 amide bonds. The summed E-state index contributed by atoms with van der Waals surface area (Å²) in [6.07, 6.45) is 6.26. The zero-order valence-electron chi connectivity index (χ0n) is 7.53. The minimum Gasteiger partial charge on any atom is -0.321 e. The normalized spacial score (nSPS) is 25.6. The zero-order valence-corrected chi connectivity index (χ0v) is 7.53. The van der Waals surface area contributed by atoms with E-state index >= 15 is 0 Å². The van der Waals surface area contributed by atoms with Gasteiger partial charge in [0.25, 0.3) is 0 Å². The van der Waals surface area contributed by atoms with Crippen LogP contribution in [0, 0.1) is 0 Å². The largest absolute Gasteiger partial charge is 0.321 e. The average Bonchev–Trinajstić information content (AvgIpc) is 2.61. The fourth-order valence-corrected chi connectivity index (χ4v) is 1.68. The molecule has 0 aromatic carbocycles. The SMILES string of the molecule is NC1(c2cnn(C3CNC3)c2)CC1. The molecular weight excluding hydrogens is 164 g/mol. The van der Waals surface area contributed by atoms with Crippen molar-refractivity contribution in [3.63, 3.8) is 0 Å². The van der Waals surface area contributed by atoms with E-state index in [2.05, 4.69) is 16.6 Å². The molecule has 1 saturated heterocycles. The van der Waals surface area contributed by atoms with E-state index in [1.165, 1.54) is 5.56 Å². The number of nitrogens with zero attached hydrogens (tertiary/aromatic N) is 2. The van der Waals surface area contributed by atoms with Gasteiger partial charge >= 0.3 is 0 Å². The Balaban J connectivity index is 1.85. The Morgan fingerprint density at radius 3 is 2.85 bits per heavy atom. The van der Waals surface area contributed by atoms with Gasteiger partial charge in [-0.3, -0.25) is 4.68 Å². The van der Waals surface area contributed by atoms with Crippen molar-refractivity contribution in [2.45, 2.75) is 24.4 Å². The van der Waals surface area contributed by atoms with Crippen molar-refractivity contribution in [2.24, 2.45) is 5.73 Å². The van der Waals surface area contributed by atoms with E-state index in [1.807, 2.05) is 10.9 Å². The topological polar surface area (TPSA) is 55.9 Å². The van der Waals surface area contributed by atoms with Gasteiger partial charge in [-0.25, -0.2) is 0 Å². The lowest BCUT2D eigenvalue weighted by Crippen LogP contribution is -2.43. The highest BCUT2D eigenvalue weighted by atomic mass is 15.3. The Kier molecular flexibility index (Phi) is 1.35. The van der Waals surface area contributed by atoms with Gasteiger partial charge in [0.2, 0.25) is 0 Å². The molecule has 70 valence electrons. The lowest BCUT2D eigenvalue weighted by Gasteiger charge is -2.27. The monoisotopic (exact) mass is 178 g/mol. The highest BCUT2D eigenvalue weighted by Crippen LogP contribution is 2.42. The maximum absolute atomic E-state index is 6.07. The summed E-state index contributed by atoms with van der Waals surface area (Å²) in [6, 6.07) is 0.552. The minimum absolute atomic E-state index is 0.0323. The summed E-state index contributed by atoms with van der Waals surface area (Å²) in [5.74, 6) is 0. The van der Waals surface area contributed by atoms with Crippen LogP contribution < -0.4 is 11.1 Å². The second-order valence-corrected chi connectivity index (χ2v) is 4.18. The van der Waals surface area contributed by atoms with Crippen LogP contribution in [-0.4, -0.2) is 22.9 Å². The van der Waals surface area contributed by atoms with E-state index in [1.54, 1.807) is 0 Å². The fraction of sp³-hybridized carbons (Fsp3) is 0.667. The number of nitrogens with one attached hydrogen (secondary N) is 1. The van der Waals surface area contributed by atoms with E-state index < -0.39 is 0 Å². The van der Waals surface area contributed by atoms with Crippen LogP contribution in [0.5, 0.6) is 0 Å². The molecule has 0 bridgehead atoms. The predicted molar refractivity (Wildman–Crippen MR) is 49.2 cm³/mol. The Morgan fingerprint density at radius 1 is 1.54 bits per heavy atom. The lowest BCUT2D eigenvalue weighted by atomic mass is 10.1. The Hall–Kier alpha value is -0.870. The lowest BCUT2D eigenvalue weighted by molar-refractivity contribution is 0.318. The number of hydrogen-bond donors (Lipinski definition) is 2. The fourth-order valence-electron chi connectivity index (χ4n) is 1.68. The van der Waals surface area contributed by atoms with E-state index in [0.29, 0.717) is 6.04 Å². The van der Waals surface area contributed by atoms with Crippen molar-refractivity contribution in [2.75, 3.05) is 13.1 Å². The van der Waals surface area contributed by atoms with Gasteiger partial charge in [-0.2, -0.15) is 5.10 Å². The second-order valence-electron chi connectivity index (χ2n) is 4.18. The molecule has 3 rings (SSSR count). The zero-order chi connectivity index (χ0) is 8.89. The van der Waals surface area contributed by atoms with E-state index in [-0.39, 0.29) is 5.54 Å². The Morgan fingerprint density at radius 2 is 2.31 bits per heavy atom. The van der Waals surface area contributed by atoms with Gasteiger partial charge in [0.1, 0.15) is 0 Å². The first kappa shape index (κ1) is 7.53. The van der Waals surface area contributed by atoms with E-state index in [4.69, 9.17) is 5.73 Å². The molecule has 0 atom stereocenters. The molecule has 2 heterocycles. The van der Waals surface area contributed by atoms with Gasteiger partial charge in [-0.15, -0.1) is 0 Å². The Labute approximate surface area is 77.1 Å². The van der Waals surface area contributed by atoms with Crippen LogP contribution in [0.3, 0.4) is 0 Å². The standard InChI is InChI=1S/C9H14N4/c10-9(1-2-9)7-3-12-13(6-7)8-4-11-5-8/h3,6,8,11H,1-2,4-5,10H2. The van der Waals surface area contributed by atoms with Crippen molar-refractivity contribution in [3.05, 3.63) is 18.0 Å². The third kappa shape index (κ3) is 1.09.